The second kappa shape index (κ2) is 6.16. The average Bonchev–Trinajstić information content (AvgIpc) is 2.86. The molecule has 124 valence electrons. The molecule has 3 aromatic rings. The summed E-state index contributed by atoms with van der Waals surface area (Å²) in [7, 11) is 0. The first-order chi connectivity index (χ1) is 11.3. The van der Waals surface area contributed by atoms with Crippen LogP contribution in [0.1, 0.15) is 20.8 Å². The summed E-state index contributed by atoms with van der Waals surface area (Å²) in [6, 6.07) is 9.76. The van der Waals surface area contributed by atoms with Gasteiger partial charge < -0.3 is 4.74 Å². The lowest BCUT2D eigenvalue weighted by atomic mass is 10.1. The molecule has 7 heteroatoms. The zero-order valence-electron chi connectivity index (χ0n) is 13.5. The van der Waals surface area contributed by atoms with Crippen LogP contribution >= 0.6 is 11.3 Å². The number of fused-ring (bicyclic) bond motifs is 1. The molecule has 0 spiro atoms. The Morgan fingerprint density at radius 3 is 2.50 bits per heavy atom. The monoisotopic (exact) mass is 345 g/mol. The van der Waals surface area contributed by atoms with Crippen LogP contribution in [0.5, 0.6) is 0 Å². The van der Waals surface area contributed by atoms with E-state index in [0.29, 0.717) is 15.5 Å². The molecule has 0 aliphatic carbocycles. The van der Waals surface area contributed by atoms with E-state index in [1.165, 1.54) is 23.5 Å². The molecule has 5 nitrogen and oxygen atoms in total. The van der Waals surface area contributed by atoms with E-state index < -0.39 is 11.7 Å². The standard InChI is InChI=1S/C17H16FN3O2S/c1-17(2,3)23-16(22)21-15-20-13-9-8-12(19-14(13)24-15)10-4-6-11(18)7-5-10/h4-9H,1-3H3,(H,20,21,22). The van der Waals surface area contributed by atoms with E-state index >= 15 is 0 Å². The molecule has 0 bridgehead atoms. The van der Waals surface area contributed by atoms with E-state index in [1.54, 1.807) is 32.9 Å². The minimum atomic E-state index is -0.575. The van der Waals surface area contributed by atoms with Crippen LogP contribution in [0.2, 0.25) is 0 Å². The summed E-state index contributed by atoms with van der Waals surface area (Å²) < 4.78 is 18.2. The number of amides is 1. The summed E-state index contributed by atoms with van der Waals surface area (Å²) in [5, 5.41) is 3.03. The Bertz CT molecular complexity index is 885. The first kappa shape index (κ1) is 16.3. The molecule has 2 heterocycles. The largest absolute Gasteiger partial charge is 0.444 e. The Labute approximate surface area is 142 Å². The minimum absolute atomic E-state index is 0.290. The fourth-order valence-corrected chi connectivity index (χ4v) is 2.87. The number of halogens is 1. The molecule has 0 radical (unpaired) electrons. The quantitative estimate of drug-likeness (QED) is 0.721. The number of thiazole rings is 1. The maximum absolute atomic E-state index is 13.0. The molecule has 0 atom stereocenters. The Kier molecular flexibility index (Phi) is 4.19. The Balaban J connectivity index is 1.84. The van der Waals surface area contributed by atoms with Gasteiger partial charge in [-0.15, -0.1) is 0 Å². The van der Waals surface area contributed by atoms with Gasteiger partial charge in [0.2, 0.25) is 0 Å². The lowest BCUT2D eigenvalue weighted by Gasteiger charge is -2.18. The predicted molar refractivity (Wildman–Crippen MR) is 92.7 cm³/mol. The molecule has 3 rings (SSSR count). The zero-order chi connectivity index (χ0) is 17.3. The van der Waals surface area contributed by atoms with Gasteiger partial charge in [0.05, 0.1) is 5.69 Å². The summed E-state index contributed by atoms with van der Waals surface area (Å²) in [5.41, 5.74) is 1.63. The van der Waals surface area contributed by atoms with Crippen molar-refractivity contribution >= 4 is 32.9 Å². The third kappa shape index (κ3) is 3.86. The van der Waals surface area contributed by atoms with Crippen molar-refractivity contribution in [2.75, 3.05) is 5.32 Å². The maximum Gasteiger partial charge on any atom is 0.413 e. The van der Waals surface area contributed by atoms with Crippen LogP contribution in [0.25, 0.3) is 21.6 Å². The summed E-state index contributed by atoms with van der Waals surface area (Å²) in [4.78, 5) is 21.3. The molecule has 0 aliphatic rings. The van der Waals surface area contributed by atoms with Gasteiger partial charge in [-0.1, -0.05) is 11.3 Å². The molecule has 24 heavy (non-hydrogen) atoms. The number of rotatable bonds is 2. The van der Waals surface area contributed by atoms with E-state index in [1.807, 2.05) is 12.1 Å². The van der Waals surface area contributed by atoms with Gasteiger partial charge in [0.25, 0.3) is 0 Å². The number of pyridine rings is 1. The maximum atomic E-state index is 13.0. The Morgan fingerprint density at radius 1 is 1.12 bits per heavy atom. The van der Waals surface area contributed by atoms with Crippen molar-refractivity contribution in [1.29, 1.82) is 0 Å². The molecule has 1 N–H and O–H groups in total. The number of aromatic nitrogens is 2. The van der Waals surface area contributed by atoms with Crippen molar-refractivity contribution in [3.63, 3.8) is 0 Å². The van der Waals surface area contributed by atoms with Crippen molar-refractivity contribution in [1.82, 2.24) is 9.97 Å². The highest BCUT2D eigenvalue weighted by molar-refractivity contribution is 7.21. The van der Waals surface area contributed by atoms with Crippen LogP contribution in [0, 0.1) is 5.82 Å². The molecule has 0 saturated heterocycles. The number of ether oxygens (including phenoxy) is 1. The molecule has 1 amide bonds. The number of nitrogens with zero attached hydrogens (tertiary/aromatic N) is 2. The minimum Gasteiger partial charge on any atom is -0.444 e. The molecule has 1 aromatic carbocycles. The molecule has 0 unspecified atom stereocenters. The number of benzene rings is 1. The predicted octanol–water partition coefficient (Wildman–Crippen LogP) is 4.84. The van der Waals surface area contributed by atoms with Gasteiger partial charge in [-0.25, -0.2) is 19.2 Å². The fraction of sp³-hybridized carbons (Fsp3) is 0.235. The number of hydrogen-bond acceptors (Lipinski definition) is 5. The van der Waals surface area contributed by atoms with Crippen LogP contribution in [-0.4, -0.2) is 21.7 Å². The lowest BCUT2D eigenvalue weighted by molar-refractivity contribution is 0.0636. The van der Waals surface area contributed by atoms with Gasteiger partial charge in [-0.05, 0) is 57.2 Å². The van der Waals surface area contributed by atoms with Crippen molar-refractivity contribution in [3.05, 3.63) is 42.2 Å². The van der Waals surface area contributed by atoms with E-state index in [2.05, 4.69) is 15.3 Å². The number of hydrogen-bond donors (Lipinski definition) is 1. The summed E-state index contributed by atoms with van der Waals surface area (Å²) >= 11 is 1.26. The van der Waals surface area contributed by atoms with Crippen molar-refractivity contribution in [2.45, 2.75) is 26.4 Å². The van der Waals surface area contributed by atoms with Crippen LogP contribution in [0.4, 0.5) is 14.3 Å². The average molecular weight is 345 g/mol. The molecule has 0 saturated carbocycles. The first-order valence-electron chi connectivity index (χ1n) is 7.34. The van der Waals surface area contributed by atoms with Crippen molar-refractivity contribution in [2.24, 2.45) is 0 Å². The SMILES string of the molecule is CC(C)(C)OC(=O)Nc1nc2ccc(-c3ccc(F)cc3)nc2s1. The van der Waals surface area contributed by atoms with Crippen molar-refractivity contribution < 1.29 is 13.9 Å². The highest BCUT2D eigenvalue weighted by Gasteiger charge is 2.17. The summed E-state index contributed by atoms with van der Waals surface area (Å²) in [5.74, 6) is -0.290. The molecular formula is C17H16FN3O2S. The van der Waals surface area contributed by atoms with Gasteiger partial charge in [-0.3, -0.25) is 5.32 Å². The third-order valence-electron chi connectivity index (χ3n) is 3.00. The number of anilines is 1. The second-order valence-electron chi connectivity index (χ2n) is 6.17. The molecule has 2 aromatic heterocycles. The van der Waals surface area contributed by atoms with E-state index in [9.17, 15) is 9.18 Å². The summed E-state index contributed by atoms with van der Waals surface area (Å²) in [6.45, 7) is 5.38. The van der Waals surface area contributed by atoms with Crippen LogP contribution < -0.4 is 5.32 Å². The first-order valence-corrected chi connectivity index (χ1v) is 8.15. The van der Waals surface area contributed by atoms with E-state index in [4.69, 9.17) is 4.74 Å². The van der Waals surface area contributed by atoms with E-state index in [0.717, 1.165) is 11.3 Å². The van der Waals surface area contributed by atoms with Crippen LogP contribution in [0.3, 0.4) is 0 Å². The zero-order valence-corrected chi connectivity index (χ0v) is 14.3. The smallest absolute Gasteiger partial charge is 0.413 e. The van der Waals surface area contributed by atoms with Crippen LogP contribution in [-0.2, 0) is 4.74 Å². The van der Waals surface area contributed by atoms with Gasteiger partial charge in [0.15, 0.2) is 5.13 Å². The van der Waals surface area contributed by atoms with Gasteiger partial charge in [0, 0.05) is 5.56 Å². The third-order valence-corrected chi connectivity index (χ3v) is 3.88. The van der Waals surface area contributed by atoms with Gasteiger partial charge in [-0.2, -0.15) is 0 Å². The van der Waals surface area contributed by atoms with Gasteiger partial charge >= 0.3 is 6.09 Å². The Morgan fingerprint density at radius 2 is 1.83 bits per heavy atom. The highest BCUT2D eigenvalue weighted by atomic mass is 32.1. The summed E-state index contributed by atoms with van der Waals surface area (Å²) in [6.07, 6.45) is -0.555. The molecule has 0 fully saturated rings. The number of carbonyl (C=O) groups is 1. The molecule has 0 aliphatic heterocycles. The molecular weight excluding hydrogens is 329 g/mol. The van der Waals surface area contributed by atoms with Gasteiger partial charge in [0.1, 0.15) is 21.8 Å². The van der Waals surface area contributed by atoms with E-state index in [-0.39, 0.29) is 5.82 Å². The highest BCUT2D eigenvalue weighted by Crippen LogP contribution is 2.28. The Hall–Kier alpha value is -2.54. The topological polar surface area (TPSA) is 64.1 Å². The van der Waals surface area contributed by atoms with Crippen LogP contribution in [0.15, 0.2) is 36.4 Å². The fourth-order valence-electron chi connectivity index (χ4n) is 2.04. The lowest BCUT2D eigenvalue weighted by Crippen LogP contribution is -2.27. The second-order valence-corrected chi connectivity index (χ2v) is 7.15. The number of nitrogens with one attached hydrogen (secondary N) is 1. The van der Waals surface area contributed by atoms with Crippen molar-refractivity contribution in [3.8, 4) is 11.3 Å². The number of carbonyl (C=O) groups excluding carboxylic acids is 1. The normalized spacial score (nSPS) is 11.5.